The van der Waals surface area contributed by atoms with E-state index in [1.54, 1.807) is 16.8 Å². The molecule has 0 fully saturated rings. The number of hydrogen-bond donors (Lipinski definition) is 2. The maximum absolute atomic E-state index is 12.3. The van der Waals surface area contributed by atoms with Crippen molar-refractivity contribution in [2.75, 3.05) is 5.32 Å². The number of aryl methyl sites for hydroxylation is 1. The first-order valence-corrected chi connectivity index (χ1v) is 10.0. The number of nitrogens with zero attached hydrogens (tertiary/aromatic N) is 3. The molecule has 7 nitrogen and oxygen atoms in total. The summed E-state index contributed by atoms with van der Waals surface area (Å²) in [6.07, 6.45) is 1.48. The lowest BCUT2D eigenvalue weighted by Crippen LogP contribution is -2.16. The van der Waals surface area contributed by atoms with Crippen LogP contribution in [0.15, 0.2) is 82.3 Å². The first-order valence-electron chi connectivity index (χ1n) is 9.63. The summed E-state index contributed by atoms with van der Waals surface area (Å²) < 4.78 is 7.21. The highest BCUT2D eigenvalue weighted by Crippen LogP contribution is 2.22. The standard InChI is InChI=1S/C23H20ClN5O2/c1-16-20(22(24)29(28-16)18-10-6-3-7-11-18)15-26-27-23(30)21-13-12-19(31-21)14-25-17-8-4-2-5-9-17/h2-13,15,25H,14H2,1H3,(H,27,30)/b26-15+. The molecule has 0 radical (unpaired) electrons. The average Bonchev–Trinajstić information content (AvgIpc) is 3.39. The lowest BCUT2D eigenvalue weighted by atomic mass is 10.3. The van der Waals surface area contributed by atoms with Gasteiger partial charge in [-0.1, -0.05) is 48.0 Å². The zero-order valence-electron chi connectivity index (χ0n) is 16.7. The van der Waals surface area contributed by atoms with Gasteiger partial charge in [-0.25, -0.2) is 10.1 Å². The minimum Gasteiger partial charge on any atom is -0.454 e. The summed E-state index contributed by atoms with van der Waals surface area (Å²) in [5.74, 6) is 0.359. The number of anilines is 1. The predicted molar refractivity (Wildman–Crippen MR) is 121 cm³/mol. The molecule has 0 unspecified atom stereocenters. The van der Waals surface area contributed by atoms with Crippen molar-refractivity contribution in [3.8, 4) is 5.69 Å². The van der Waals surface area contributed by atoms with Crippen LogP contribution in [-0.4, -0.2) is 21.9 Å². The van der Waals surface area contributed by atoms with Gasteiger partial charge in [-0.15, -0.1) is 0 Å². The molecule has 156 valence electrons. The number of nitrogens with one attached hydrogen (secondary N) is 2. The topological polar surface area (TPSA) is 84.5 Å². The molecule has 0 aliphatic heterocycles. The summed E-state index contributed by atoms with van der Waals surface area (Å²) in [7, 11) is 0. The normalized spacial score (nSPS) is 11.0. The second kappa shape index (κ2) is 9.32. The largest absolute Gasteiger partial charge is 0.454 e. The van der Waals surface area contributed by atoms with Crippen LogP contribution in [0.2, 0.25) is 5.15 Å². The number of benzene rings is 2. The number of carbonyl (C=O) groups is 1. The number of amides is 1. The van der Waals surface area contributed by atoms with Crippen LogP contribution in [0.4, 0.5) is 5.69 Å². The Kier molecular flexibility index (Phi) is 6.14. The predicted octanol–water partition coefficient (Wildman–Crippen LogP) is 4.80. The molecule has 0 aliphatic rings. The quantitative estimate of drug-likeness (QED) is 0.324. The minimum atomic E-state index is -0.452. The van der Waals surface area contributed by atoms with Crippen molar-refractivity contribution in [1.29, 1.82) is 0 Å². The fourth-order valence-corrected chi connectivity index (χ4v) is 3.27. The Morgan fingerprint density at radius 1 is 1.10 bits per heavy atom. The number of aromatic nitrogens is 2. The van der Waals surface area contributed by atoms with Gasteiger partial charge in [0.2, 0.25) is 0 Å². The summed E-state index contributed by atoms with van der Waals surface area (Å²) in [5, 5.41) is 12.1. The molecule has 0 bridgehead atoms. The van der Waals surface area contributed by atoms with Crippen LogP contribution in [0.25, 0.3) is 5.69 Å². The molecule has 2 heterocycles. The molecule has 1 amide bonds. The van der Waals surface area contributed by atoms with E-state index in [0.29, 0.717) is 28.7 Å². The number of carbonyl (C=O) groups excluding carboxylic acids is 1. The van der Waals surface area contributed by atoms with E-state index in [-0.39, 0.29) is 5.76 Å². The highest BCUT2D eigenvalue weighted by Gasteiger charge is 2.14. The molecule has 0 saturated heterocycles. The molecule has 2 aromatic heterocycles. The average molecular weight is 434 g/mol. The van der Waals surface area contributed by atoms with Gasteiger partial charge in [0.25, 0.3) is 0 Å². The molecular weight excluding hydrogens is 414 g/mol. The maximum atomic E-state index is 12.3. The van der Waals surface area contributed by atoms with E-state index in [1.165, 1.54) is 6.21 Å². The number of hydrogen-bond acceptors (Lipinski definition) is 5. The zero-order valence-corrected chi connectivity index (χ0v) is 17.5. The number of halogens is 1. The van der Waals surface area contributed by atoms with Crippen molar-refractivity contribution in [1.82, 2.24) is 15.2 Å². The highest BCUT2D eigenvalue weighted by molar-refractivity contribution is 6.32. The van der Waals surface area contributed by atoms with E-state index in [1.807, 2.05) is 67.6 Å². The van der Waals surface area contributed by atoms with E-state index < -0.39 is 5.91 Å². The van der Waals surface area contributed by atoms with Crippen LogP contribution < -0.4 is 10.7 Å². The van der Waals surface area contributed by atoms with E-state index in [2.05, 4.69) is 20.9 Å². The fourth-order valence-electron chi connectivity index (χ4n) is 2.95. The lowest BCUT2D eigenvalue weighted by Gasteiger charge is -2.03. The second-order valence-electron chi connectivity index (χ2n) is 6.72. The van der Waals surface area contributed by atoms with Gasteiger partial charge < -0.3 is 9.73 Å². The third-order valence-electron chi connectivity index (χ3n) is 4.53. The summed E-state index contributed by atoms with van der Waals surface area (Å²) in [6, 6.07) is 22.6. The van der Waals surface area contributed by atoms with Crippen molar-refractivity contribution in [2.24, 2.45) is 5.10 Å². The molecule has 0 spiro atoms. The zero-order chi connectivity index (χ0) is 21.6. The molecule has 4 aromatic rings. The van der Waals surface area contributed by atoms with Crippen molar-refractivity contribution in [3.05, 3.63) is 101 Å². The minimum absolute atomic E-state index is 0.171. The SMILES string of the molecule is Cc1nn(-c2ccccc2)c(Cl)c1/C=N/NC(=O)c1ccc(CNc2ccccc2)o1. The van der Waals surface area contributed by atoms with Gasteiger partial charge in [0, 0.05) is 5.69 Å². The van der Waals surface area contributed by atoms with E-state index in [0.717, 1.165) is 11.4 Å². The van der Waals surface area contributed by atoms with E-state index in [9.17, 15) is 4.79 Å². The molecule has 4 rings (SSSR count). The number of hydrazone groups is 1. The van der Waals surface area contributed by atoms with Crippen LogP contribution in [0.5, 0.6) is 0 Å². The molecule has 31 heavy (non-hydrogen) atoms. The van der Waals surface area contributed by atoms with Crippen molar-refractivity contribution in [2.45, 2.75) is 13.5 Å². The van der Waals surface area contributed by atoms with Gasteiger partial charge in [-0.3, -0.25) is 4.79 Å². The maximum Gasteiger partial charge on any atom is 0.307 e. The summed E-state index contributed by atoms with van der Waals surface area (Å²) in [5.41, 5.74) is 5.59. The molecule has 2 N–H and O–H groups in total. The molecular formula is C23H20ClN5O2. The Hall–Kier alpha value is -3.84. The monoisotopic (exact) mass is 433 g/mol. The first-order chi connectivity index (χ1) is 15.1. The van der Waals surface area contributed by atoms with Gasteiger partial charge in [-0.2, -0.15) is 10.2 Å². The van der Waals surface area contributed by atoms with Gasteiger partial charge in [-0.05, 0) is 43.3 Å². The van der Waals surface area contributed by atoms with Crippen molar-refractivity contribution < 1.29 is 9.21 Å². The Bertz CT molecular complexity index is 1200. The summed E-state index contributed by atoms with van der Waals surface area (Å²) in [6.45, 7) is 2.29. The Balaban J connectivity index is 1.38. The summed E-state index contributed by atoms with van der Waals surface area (Å²) in [4.78, 5) is 12.3. The number of furan rings is 1. The Morgan fingerprint density at radius 2 is 1.81 bits per heavy atom. The molecule has 0 atom stereocenters. The first kappa shape index (κ1) is 20.4. The summed E-state index contributed by atoms with van der Waals surface area (Å²) >= 11 is 6.46. The number of para-hydroxylation sites is 2. The van der Waals surface area contributed by atoms with Crippen molar-refractivity contribution in [3.63, 3.8) is 0 Å². The molecule has 0 saturated carbocycles. The van der Waals surface area contributed by atoms with Gasteiger partial charge in [0.05, 0.1) is 29.7 Å². The fraction of sp³-hybridized carbons (Fsp3) is 0.0870. The van der Waals surface area contributed by atoms with E-state index in [4.69, 9.17) is 16.0 Å². The van der Waals surface area contributed by atoms with Crippen LogP contribution >= 0.6 is 11.6 Å². The van der Waals surface area contributed by atoms with Gasteiger partial charge >= 0.3 is 5.91 Å². The van der Waals surface area contributed by atoms with Gasteiger partial charge in [0.15, 0.2) is 5.76 Å². The smallest absolute Gasteiger partial charge is 0.307 e. The van der Waals surface area contributed by atoms with Gasteiger partial charge in [0.1, 0.15) is 10.9 Å². The van der Waals surface area contributed by atoms with Crippen LogP contribution in [0, 0.1) is 6.92 Å². The van der Waals surface area contributed by atoms with Crippen LogP contribution in [-0.2, 0) is 6.54 Å². The van der Waals surface area contributed by atoms with Crippen molar-refractivity contribution >= 4 is 29.4 Å². The molecule has 8 heteroatoms. The second-order valence-corrected chi connectivity index (χ2v) is 7.08. The highest BCUT2D eigenvalue weighted by atomic mass is 35.5. The Labute approximate surface area is 184 Å². The third kappa shape index (κ3) is 4.84. The van der Waals surface area contributed by atoms with Crippen LogP contribution in [0.3, 0.4) is 0 Å². The third-order valence-corrected chi connectivity index (χ3v) is 4.90. The molecule has 2 aromatic carbocycles. The molecule has 0 aliphatic carbocycles. The number of rotatable bonds is 7. The lowest BCUT2D eigenvalue weighted by molar-refractivity contribution is 0.0926. The van der Waals surface area contributed by atoms with Crippen LogP contribution in [0.1, 0.15) is 27.6 Å². The Morgan fingerprint density at radius 3 is 2.55 bits per heavy atom. The van der Waals surface area contributed by atoms with E-state index >= 15 is 0 Å².